The lowest BCUT2D eigenvalue weighted by atomic mass is 10.2. The van der Waals surface area contributed by atoms with E-state index in [4.69, 9.17) is 5.73 Å². The Balaban J connectivity index is 3.15. The van der Waals surface area contributed by atoms with E-state index in [0.717, 1.165) is 5.56 Å². The third-order valence-electron chi connectivity index (χ3n) is 2.41. The molecule has 0 aromatic heterocycles. The summed E-state index contributed by atoms with van der Waals surface area (Å²) in [5.74, 6) is 0. The Morgan fingerprint density at radius 1 is 1.29 bits per heavy atom. The van der Waals surface area contributed by atoms with E-state index in [0.29, 0.717) is 12.2 Å². The summed E-state index contributed by atoms with van der Waals surface area (Å²) in [7, 11) is -2.08. The molecular formula is C11H19N3O2S. The molecule has 1 rings (SSSR count). The lowest BCUT2D eigenvalue weighted by molar-refractivity contribution is 0.576. The fourth-order valence-corrected chi connectivity index (χ4v) is 2.74. The molecule has 0 atom stereocenters. The predicted molar refractivity (Wildman–Crippen MR) is 69.9 cm³/mol. The number of anilines is 1. The Bertz CT molecular complexity index is 454. The van der Waals surface area contributed by atoms with E-state index in [9.17, 15) is 8.42 Å². The fraction of sp³-hybridized carbons (Fsp3) is 0.455. The highest BCUT2D eigenvalue weighted by Crippen LogP contribution is 2.20. The number of nitrogens with one attached hydrogen (secondary N) is 1. The summed E-state index contributed by atoms with van der Waals surface area (Å²) in [4.78, 5) is 0. The molecule has 0 radical (unpaired) electrons. The second-order valence-electron chi connectivity index (χ2n) is 3.97. The van der Waals surface area contributed by atoms with Crippen LogP contribution in [-0.4, -0.2) is 21.5 Å². The molecule has 0 unspecified atom stereocenters. The molecule has 0 amide bonds. The normalized spacial score (nSPS) is 11.8. The third kappa shape index (κ3) is 3.18. The first-order valence-corrected chi connectivity index (χ1v) is 6.88. The first kappa shape index (κ1) is 14.0. The molecule has 3 N–H and O–H groups in total. The van der Waals surface area contributed by atoms with Crippen molar-refractivity contribution in [2.75, 3.05) is 11.4 Å². The molecule has 0 saturated heterocycles. The van der Waals surface area contributed by atoms with Crippen LogP contribution in [0.2, 0.25) is 0 Å². The molecule has 1 aromatic rings. The average molecular weight is 257 g/mol. The summed E-state index contributed by atoms with van der Waals surface area (Å²) >= 11 is 0. The largest absolute Gasteiger partial charge is 0.326 e. The number of nitrogens with zero attached hydrogens (tertiary/aromatic N) is 1. The van der Waals surface area contributed by atoms with E-state index >= 15 is 0 Å². The molecule has 0 fully saturated rings. The minimum Gasteiger partial charge on any atom is -0.326 e. The van der Waals surface area contributed by atoms with Crippen molar-refractivity contribution < 1.29 is 8.42 Å². The van der Waals surface area contributed by atoms with Crippen molar-refractivity contribution in [1.29, 1.82) is 0 Å². The van der Waals surface area contributed by atoms with Crippen molar-refractivity contribution in [1.82, 2.24) is 4.72 Å². The van der Waals surface area contributed by atoms with Gasteiger partial charge in [-0.1, -0.05) is 12.1 Å². The van der Waals surface area contributed by atoms with Crippen molar-refractivity contribution in [3.8, 4) is 0 Å². The van der Waals surface area contributed by atoms with Gasteiger partial charge in [-0.15, -0.1) is 0 Å². The maximum atomic E-state index is 11.9. The smallest absolute Gasteiger partial charge is 0.301 e. The van der Waals surface area contributed by atoms with Crippen LogP contribution in [0, 0.1) is 0 Å². The van der Waals surface area contributed by atoms with Crippen LogP contribution in [-0.2, 0) is 16.8 Å². The summed E-state index contributed by atoms with van der Waals surface area (Å²) in [6, 6.07) is 7.02. The summed E-state index contributed by atoms with van der Waals surface area (Å²) in [5, 5.41) is 0. The Morgan fingerprint density at radius 3 is 2.18 bits per heavy atom. The van der Waals surface area contributed by atoms with E-state index < -0.39 is 10.2 Å². The van der Waals surface area contributed by atoms with Crippen LogP contribution < -0.4 is 14.8 Å². The van der Waals surface area contributed by atoms with Crippen LogP contribution in [0.25, 0.3) is 0 Å². The highest BCUT2D eigenvalue weighted by Gasteiger charge is 2.23. The van der Waals surface area contributed by atoms with Gasteiger partial charge in [0, 0.05) is 19.6 Å². The molecule has 1 aromatic carbocycles. The van der Waals surface area contributed by atoms with Gasteiger partial charge < -0.3 is 5.73 Å². The van der Waals surface area contributed by atoms with Crippen molar-refractivity contribution in [2.24, 2.45) is 5.73 Å². The van der Waals surface area contributed by atoms with Gasteiger partial charge in [-0.25, -0.2) is 4.72 Å². The second-order valence-corrected chi connectivity index (χ2v) is 5.72. The van der Waals surface area contributed by atoms with Crippen LogP contribution in [0.4, 0.5) is 5.69 Å². The van der Waals surface area contributed by atoms with Crippen LogP contribution in [0.5, 0.6) is 0 Å². The van der Waals surface area contributed by atoms with Gasteiger partial charge in [-0.05, 0) is 31.5 Å². The van der Waals surface area contributed by atoms with Crippen LogP contribution >= 0.6 is 0 Å². The summed E-state index contributed by atoms with van der Waals surface area (Å²) in [6.45, 7) is 4.10. The maximum Gasteiger partial charge on any atom is 0.301 e. The molecule has 96 valence electrons. The van der Waals surface area contributed by atoms with E-state index in [-0.39, 0.29) is 6.04 Å². The van der Waals surface area contributed by atoms with Crippen molar-refractivity contribution in [3.05, 3.63) is 29.8 Å². The summed E-state index contributed by atoms with van der Waals surface area (Å²) in [5.41, 5.74) is 7.11. The van der Waals surface area contributed by atoms with Gasteiger partial charge in [0.15, 0.2) is 0 Å². The lowest BCUT2D eigenvalue weighted by Gasteiger charge is -2.27. The Labute approximate surface area is 103 Å². The Hall–Kier alpha value is -1.11. The van der Waals surface area contributed by atoms with Crippen molar-refractivity contribution in [2.45, 2.75) is 26.4 Å². The highest BCUT2D eigenvalue weighted by atomic mass is 32.2. The van der Waals surface area contributed by atoms with Crippen molar-refractivity contribution in [3.63, 3.8) is 0 Å². The number of benzene rings is 1. The third-order valence-corrected chi connectivity index (χ3v) is 4.08. The zero-order chi connectivity index (χ0) is 13.1. The second kappa shape index (κ2) is 5.48. The minimum atomic E-state index is -3.48. The number of hydrogen-bond acceptors (Lipinski definition) is 3. The Kier molecular flexibility index (Phi) is 4.50. The van der Waals surface area contributed by atoms with Gasteiger partial charge in [0.05, 0.1) is 5.69 Å². The first-order valence-electron chi connectivity index (χ1n) is 5.44. The summed E-state index contributed by atoms with van der Waals surface area (Å²) < 4.78 is 27.4. The number of hydrogen-bond donors (Lipinski definition) is 2. The van der Waals surface area contributed by atoms with Gasteiger partial charge in [-0.2, -0.15) is 8.42 Å². The molecular weight excluding hydrogens is 238 g/mol. The van der Waals surface area contributed by atoms with Crippen LogP contribution in [0.3, 0.4) is 0 Å². The van der Waals surface area contributed by atoms with Crippen LogP contribution in [0.1, 0.15) is 19.4 Å². The molecule has 0 aliphatic carbocycles. The van der Waals surface area contributed by atoms with Gasteiger partial charge in [-0.3, -0.25) is 4.31 Å². The van der Waals surface area contributed by atoms with Gasteiger partial charge >= 0.3 is 10.2 Å². The molecule has 6 heteroatoms. The summed E-state index contributed by atoms with van der Waals surface area (Å²) in [6.07, 6.45) is 0. The maximum absolute atomic E-state index is 11.9. The fourth-order valence-electron chi connectivity index (χ4n) is 1.59. The molecule has 0 bridgehead atoms. The predicted octanol–water partition coefficient (Wildman–Crippen LogP) is 0.824. The molecule has 0 aliphatic heterocycles. The quantitative estimate of drug-likeness (QED) is 0.820. The average Bonchev–Trinajstić information content (AvgIpc) is 2.29. The standard InChI is InChI=1S/C11H19N3O2S/c1-9(2)14(17(15,16)13-3)11-6-4-10(8-12)5-7-11/h4-7,9,13H,8,12H2,1-3H3. The van der Waals surface area contributed by atoms with E-state index in [2.05, 4.69) is 4.72 Å². The van der Waals surface area contributed by atoms with Gasteiger partial charge in [0.2, 0.25) is 0 Å². The lowest BCUT2D eigenvalue weighted by Crippen LogP contribution is -2.43. The van der Waals surface area contributed by atoms with E-state index in [1.165, 1.54) is 11.4 Å². The number of nitrogens with two attached hydrogens (primary N) is 1. The zero-order valence-electron chi connectivity index (χ0n) is 10.3. The Morgan fingerprint density at radius 2 is 1.82 bits per heavy atom. The zero-order valence-corrected chi connectivity index (χ0v) is 11.2. The van der Waals surface area contributed by atoms with E-state index in [1.54, 1.807) is 12.1 Å². The number of rotatable bonds is 5. The van der Waals surface area contributed by atoms with Gasteiger partial charge in [0.25, 0.3) is 0 Å². The highest BCUT2D eigenvalue weighted by molar-refractivity contribution is 7.90. The van der Waals surface area contributed by atoms with Crippen LogP contribution in [0.15, 0.2) is 24.3 Å². The first-order chi connectivity index (χ1) is 7.92. The monoisotopic (exact) mass is 257 g/mol. The topological polar surface area (TPSA) is 75.4 Å². The molecule has 0 heterocycles. The molecule has 17 heavy (non-hydrogen) atoms. The molecule has 0 saturated carbocycles. The molecule has 0 spiro atoms. The van der Waals surface area contributed by atoms with Gasteiger partial charge in [0.1, 0.15) is 0 Å². The minimum absolute atomic E-state index is 0.156. The molecule has 5 nitrogen and oxygen atoms in total. The SMILES string of the molecule is CNS(=O)(=O)N(c1ccc(CN)cc1)C(C)C. The van der Waals surface area contributed by atoms with E-state index in [1.807, 2.05) is 26.0 Å². The van der Waals surface area contributed by atoms with Crippen molar-refractivity contribution >= 4 is 15.9 Å². The molecule has 0 aliphatic rings.